The largest absolute Gasteiger partial charge is 0.507 e. The van der Waals surface area contributed by atoms with Gasteiger partial charge in [-0.3, -0.25) is 14.5 Å². The van der Waals surface area contributed by atoms with Gasteiger partial charge in [-0.1, -0.05) is 29.5 Å². The summed E-state index contributed by atoms with van der Waals surface area (Å²) < 4.78 is 40.3. The van der Waals surface area contributed by atoms with Crippen molar-refractivity contribution >= 4 is 44.1 Å². The van der Waals surface area contributed by atoms with Crippen molar-refractivity contribution in [3.8, 4) is 11.5 Å². The number of ether oxygens (including phenoxy) is 2. The number of aromatic nitrogens is 1. The van der Waals surface area contributed by atoms with Crippen molar-refractivity contribution < 1.29 is 33.0 Å². The Hall–Kier alpha value is -4.31. The standard InChI is InChI=1S/C26H16F2N2O5S/c27-14-6-7-17-20(12-14)36-26(29-17)30-22(15-3-1-2-4-16(15)28)21(24(32)25(30)33)23(31)13-5-8-18-19(11-13)35-10-9-34-18/h1-8,11-12,22,31H,9-10H2. The molecule has 10 heteroatoms. The van der Waals surface area contributed by atoms with E-state index in [1.807, 2.05) is 0 Å². The first kappa shape index (κ1) is 22.2. The molecule has 2 aliphatic heterocycles. The summed E-state index contributed by atoms with van der Waals surface area (Å²) in [5.41, 5.74) is 0.316. The number of fused-ring (bicyclic) bond motifs is 2. The molecule has 6 rings (SSSR count). The monoisotopic (exact) mass is 506 g/mol. The number of rotatable bonds is 3. The molecule has 0 aliphatic carbocycles. The molecular weight excluding hydrogens is 490 g/mol. The molecule has 1 amide bonds. The number of carbonyl (C=O) groups is 2. The maximum atomic E-state index is 15.0. The molecule has 180 valence electrons. The number of hydrogen-bond donors (Lipinski definition) is 1. The topological polar surface area (TPSA) is 89.0 Å². The van der Waals surface area contributed by atoms with Crippen molar-refractivity contribution in [2.24, 2.45) is 0 Å². The second-order valence-corrected chi connectivity index (χ2v) is 9.17. The quantitative estimate of drug-likeness (QED) is 0.240. The number of thiazole rings is 1. The number of hydrogen-bond acceptors (Lipinski definition) is 7. The molecule has 0 saturated carbocycles. The lowest BCUT2D eigenvalue weighted by atomic mass is 9.95. The average Bonchev–Trinajstić information content (AvgIpc) is 3.41. The third-order valence-corrected chi connectivity index (χ3v) is 7.02. The van der Waals surface area contributed by atoms with E-state index in [4.69, 9.17) is 9.47 Å². The number of aliphatic hydroxyl groups is 1. The Labute approximate surface area is 206 Å². The number of ketones is 1. The second-order valence-electron chi connectivity index (χ2n) is 8.16. The van der Waals surface area contributed by atoms with E-state index in [1.165, 1.54) is 48.5 Å². The summed E-state index contributed by atoms with van der Waals surface area (Å²) in [6.45, 7) is 0.692. The van der Waals surface area contributed by atoms with E-state index in [2.05, 4.69) is 4.98 Å². The van der Waals surface area contributed by atoms with E-state index in [1.54, 1.807) is 12.1 Å². The molecular formula is C26H16F2N2O5S. The van der Waals surface area contributed by atoms with Crippen LogP contribution in [-0.2, 0) is 9.59 Å². The van der Waals surface area contributed by atoms with Crippen LogP contribution in [0.4, 0.5) is 13.9 Å². The summed E-state index contributed by atoms with van der Waals surface area (Å²) in [7, 11) is 0. The molecule has 1 aromatic heterocycles. The van der Waals surface area contributed by atoms with Crippen LogP contribution in [0.2, 0.25) is 0 Å². The van der Waals surface area contributed by atoms with Crippen molar-refractivity contribution in [2.45, 2.75) is 6.04 Å². The van der Waals surface area contributed by atoms with Crippen LogP contribution in [0.1, 0.15) is 17.2 Å². The predicted octanol–water partition coefficient (Wildman–Crippen LogP) is 4.97. The Balaban J connectivity index is 1.55. The summed E-state index contributed by atoms with van der Waals surface area (Å²) in [5.74, 6) is -2.78. The Bertz CT molecular complexity index is 1600. The SMILES string of the molecule is O=C1C(=O)N(c2nc3ccc(F)cc3s2)C(c2ccccc2F)C1=C(O)c1ccc2c(c1)OCCO2. The van der Waals surface area contributed by atoms with Crippen molar-refractivity contribution in [1.82, 2.24) is 4.98 Å². The van der Waals surface area contributed by atoms with E-state index in [0.29, 0.717) is 34.9 Å². The summed E-state index contributed by atoms with van der Waals surface area (Å²) in [6.07, 6.45) is 0. The number of aliphatic hydroxyl groups excluding tert-OH is 1. The zero-order chi connectivity index (χ0) is 25.0. The lowest BCUT2D eigenvalue weighted by molar-refractivity contribution is -0.132. The third-order valence-electron chi connectivity index (χ3n) is 6.01. The lowest BCUT2D eigenvalue weighted by Gasteiger charge is -2.23. The zero-order valence-corrected chi connectivity index (χ0v) is 19.2. The maximum absolute atomic E-state index is 15.0. The Kier molecular flexibility index (Phi) is 5.18. The normalized spacial score (nSPS) is 18.7. The highest BCUT2D eigenvalue weighted by Crippen LogP contribution is 2.45. The molecule has 1 N–H and O–H groups in total. The predicted molar refractivity (Wildman–Crippen MR) is 128 cm³/mol. The first-order valence-electron chi connectivity index (χ1n) is 10.9. The molecule has 1 saturated heterocycles. The molecule has 1 unspecified atom stereocenters. The van der Waals surface area contributed by atoms with Crippen LogP contribution in [0.5, 0.6) is 11.5 Å². The minimum atomic E-state index is -1.30. The molecule has 0 radical (unpaired) electrons. The highest BCUT2D eigenvalue weighted by atomic mass is 32.1. The van der Waals surface area contributed by atoms with Crippen molar-refractivity contribution in [3.63, 3.8) is 0 Å². The van der Waals surface area contributed by atoms with Crippen LogP contribution < -0.4 is 14.4 Å². The first-order chi connectivity index (χ1) is 17.4. The molecule has 1 atom stereocenters. The van der Waals surface area contributed by atoms with E-state index >= 15 is 4.39 Å². The van der Waals surface area contributed by atoms with Crippen LogP contribution in [0.25, 0.3) is 16.0 Å². The summed E-state index contributed by atoms with van der Waals surface area (Å²) in [6, 6.07) is 12.9. The van der Waals surface area contributed by atoms with E-state index in [-0.39, 0.29) is 21.8 Å². The van der Waals surface area contributed by atoms with Crippen molar-refractivity contribution in [3.05, 3.63) is 89.0 Å². The minimum absolute atomic E-state index is 0.00114. The van der Waals surface area contributed by atoms with Gasteiger partial charge in [0.15, 0.2) is 16.6 Å². The fourth-order valence-electron chi connectivity index (χ4n) is 4.36. The van der Waals surface area contributed by atoms with Gasteiger partial charge in [0, 0.05) is 11.1 Å². The van der Waals surface area contributed by atoms with Gasteiger partial charge in [0.25, 0.3) is 5.78 Å². The Morgan fingerprint density at radius 2 is 1.78 bits per heavy atom. The Morgan fingerprint density at radius 3 is 2.58 bits per heavy atom. The third kappa shape index (κ3) is 3.49. The molecule has 1 fully saturated rings. The first-order valence-corrected chi connectivity index (χ1v) is 11.8. The van der Waals surface area contributed by atoms with Gasteiger partial charge in [-0.25, -0.2) is 13.8 Å². The molecule has 3 heterocycles. The van der Waals surface area contributed by atoms with Crippen molar-refractivity contribution in [2.75, 3.05) is 18.1 Å². The van der Waals surface area contributed by atoms with E-state index < -0.39 is 35.1 Å². The van der Waals surface area contributed by atoms with Crippen LogP contribution in [0, 0.1) is 11.6 Å². The van der Waals surface area contributed by atoms with Crippen LogP contribution in [0.3, 0.4) is 0 Å². The summed E-state index contributed by atoms with van der Waals surface area (Å²) >= 11 is 0.985. The fraction of sp³-hybridized carbons (Fsp3) is 0.115. The number of Topliss-reactive ketones (excluding diaryl/α,β-unsaturated/α-hetero) is 1. The number of benzene rings is 3. The summed E-state index contributed by atoms with van der Waals surface area (Å²) in [5, 5.41) is 11.3. The molecule has 36 heavy (non-hydrogen) atoms. The molecule has 7 nitrogen and oxygen atoms in total. The van der Waals surface area contributed by atoms with Gasteiger partial charge in [-0.05, 0) is 42.5 Å². The van der Waals surface area contributed by atoms with E-state index in [9.17, 15) is 19.1 Å². The zero-order valence-electron chi connectivity index (χ0n) is 18.4. The average molecular weight is 506 g/mol. The van der Waals surface area contributed by atoms with Crippen LogP contribution in [0.15, 0.2) is 66.2 Å². The number of amides is 1. The number of carbonyl (C=O) groups excluding carboxylic acids is 2. The van der Waals surface area contributed by atoms with Gasteiger partial charge in [0.05, 0.1) is 15.8 Å². The maximum Gasteiger partial charge on any atom is 0.301 e. The number of anilines is 1. The lowest BCUT2D eigenvalue weighted by Crippen LogP contribution is -2.29. The number of halogens is 2. The second kappa shape index (κ2) is 8.42. The van der Waals surface area contributed by atoms with Gasteiger partial charge >= 0.3 is 5.91 Å². The Morgan fingerprint density at radius 1 is 1.00 bits per heavy atom. The highest BCUT2D eigenvalue weighted by Gasteiger charge is 2.49. The van der Waals surface area contributed by atoms with Gasteiger partial charge in [-0.15, -0.1) is 0 Å². The molecule has 3 aromatic carbocycles. The fourth-order valence-corrected chi connectivity index (χ4v) is 5.37. The number of nitrogens with zero attached hydrogens (tertiary/aromatic N) is 2. The molecule has 4 aromatic rings. The molecule has 0 bridgehead atoms. The smallest absolute Gasteiger partial charge is 0.301 e. The van der Waals surface area contributed by atoms with Crippen LogP contribution in [-0.4, -0.2) is 35.0 Å². The molecule has 2 aliphatic rings. The van der Waals surface area contributed by atoms with Gasteiger partial charge in [0.2, 0.25) is 0 Å². The van der Waals surface area contributed by atoms with Gasteiger partial charge in [0.1, 0.15) is 36.6 Å². The van der Waals surface area contributed by atoms with Crippen molar-refractivity contribution in [1.29, 1.82) is 0 Å². The minimum Gasteiger partial charge on any atom is -0.507 e. The van der Waals surface area contributed by atoms with Crippen LogP contribution >= 0.6 is 11.3 Å². The van der Waals surface area contributed by atoms with Gasteiger partial charge < -0.3 is 14.6 Å². The van der Waals surface area contributed by atoms with Gasteiger partial charge in [-0.2, -0.15) is 0 Å². The molecule has 0 spiro atoms. The summed E-state index contributed by atoms with van der Waals surface area (Å²) in [4.78, 5) is 32.0. The van der Waals surface area contributed by atoms with E-state index in [0.717, 1.165) is 16.2 Å². The highest BCUT2D eigenvalue weighted by molar-refractivity contribution is 7.22.